The lowest BCUT2D eigenvalue weighted by Crippen LogP contribution is -2.33. The number of hydrogen-bond acceptors (Lipinski definition) is 0. The van der Waals surface area contributed by atoms with E-state index in [1.54, 1.807) is 0 Å². The molecule has 0 amide bonds. The summed E-state index contributed by atoms with van der Waals surface area (Å²) in [6.45, 7) is 2.22. The first-order chi connectivity index (χ1) is 11.6. The molecule has 0 saturated heterocycles. The molecule has 0 bridgehead atoms. The van der Waals surface area contributed by atoms with Crippen LogP contribution in [-0.4, -0.2) is 6.43 Å². The van der Waals surface area contributed by atoms with Gasteiger partial charge in [0.1, 0.15) is 0 Å². The van der Waals surface area contributed by atoms with Gasteiger partial charge in [0.15, 0.2) is 0 Å². The van der Waals surface area contributed by atoms with Crippen molar-refractivity contribution in [3.8, 4) is 0 Å². The monoisotopic (exact) mass is 330 g/mol. The molecule has 0 spiro atoms. The molecule has 0 nitrogen and oxygen atoms in total. The Morgan fingerprint density at radius 1 is 1.00 bits per heavy atom. The van der Waals surface area contributed by atoms with Crippen molar-refractivity contribution in [2.75, 3.05) is 0 Å². The number of rotatable bonds is 5. The van der Waals surface area contributed by atoms with Crippen LogP contribution < -0.4 is 0 Å². The molecule has 2 aliphatic carbocycles. The molecule has 1 aromatic carbocycles. The average Bonchev–Trinajstić information content (AvgIpc) is 2.63. The van der Waals surface area contributed by atoms with Gasteiger partial charge in [0, 0.05) is 17.3 Å². The summed E-state index contributed by atoms with van der Waals surface area (Å²) in [5.74, 6) is 0.471. The predicted octanol–water partition coefficient (Wildman–Crippen LogP) is 6.75. The molecule has 0 aliphatic heterocycles. The normalized spacial score (nSPS) is 33.1. The summed E-state index contributed by atoms with van der Waals surface area (Å²) >= 11 is 0. The quantitative estimate of drug-likeness (QED) is 0.524. The van der Waals surface area contributed by atoms with Crippen molar-refractivity contribution in [2.24, 2.45) is 17.3 Å². The minimum Gasteiger partial charge on any atom is -0.210 e. The van der Waals surface area contributed by atoms with Gasteiger partial charge in [-0.3, -0.25) is 0 Å². The van der Waals surface area contributed by atoms with E-state index in [1.165, 1.54) is 5.56 Å². The van der Waals surface area contributed by atoms with Crippen molar-refractivity contribution in [3.63, 3.8) is 0 Å². The molecule has 0 N–H and O–H groups in total. The second kappa shape index (κ2) is 7.63. The number of benzene rings is 1. The maximum atomic E-state index is 12.9. The van der Waals surface area contributed by atoms with E-state index in [0.29, 0.717) is 24.7 Å². The zero-order valence-corrected chi connectivity index (χ0v) is 14.5. The predicted molar refractivity (Wildman–Crippen MR) is 96.3 cm³/mol. The second-order valence-electron chi connectivity index (χ2n) is 7.46. The van der Waals surface area contributed by atoms with Crippen LogP contribution in [0.2, 0.25) is 0 Å². The van der Waals surface area contributed by atoms with Gasteiger partial charge in [-0.25, -0.2) is 8.78 Å². The molecule has 2 heteroatoms. The largest absolute Gasteiger partial charge is 0.241 e. The zero-order chi connectivity index (χ0) is 17.0. The van der Waals surface area contributed by atoms with Crippen LogP contribution in [0.5, 0.6) is 0 Å². The standard InChI is InChI=1S/C22H28F2/c1-2-14-22(20-10-8-19(9-11-20)21(23)24)15-12-18(13-16-22)17-6-4-3-5-7-17/h3-7,12-13,15-16,18-21H,2,8-11,14H2,1H3. The Morgan fingerprint density at radius 3 is 2.17 bits per heavy atom. The fourth-order valence-electron chi connectivity index (χ4n) is 4.57. The molecule has 0 heterocycles. The number of halogens is 2. The van der Waals surface area contributed by atoms with E-state index in [2.05, 4.69) is 55.5 Å². The van der Waals surface area contributed by atoms with E-state index in [-0.39, 0.29) is 11.3 Å². The van der Waals surface area contributed by atoms with Crippen LogP contribution in [0.1, 0.15) is 56.9 Å². The molecule has 0 atom stereocenters. The SMILES string of the molecule is CCCC1(C2CCC(C(F)F)CC2)C=CC(c2ccccc2)C=C1. The van der Waals surface area contributed by atoms with Crippen LogP contribution in [0.4, 0.5) is 8.78 Å². The van der Waals surface area contributed by atoms with Gasteiger partial charge in [0.2, 0.25) is 6.43 Å². The van der Waals surface area contributed by atoms with Gasteiger partial charge in [-0.1, -0.05) is 68.0 Å². The van der Waals surface area contributed by atoms with Crippen LogP contribution in [0, 0.1) is 17.3 Å². The lowest BCUT2D eigenvalue weighted by atomic mass is 9.63. The summed E-state index contributed by atoms with van der Waals surface area (Å²) in [4.78, 5) is 0. The molecule has 3 rings (SSSR count). The van der Waals surface area contributed by atoms with E-state index >= 15 is 0 Å². The molecule has 1 saturated carbocycles. The van der Waals surface area contributed by atoms with Gasteiger partial charge in [0.05, 0.1) is 0 Å². The third kappa shape index (κ3) is 3.63. The minimum absolute atomic E-state index is 0.0765. The summed E-state index contributed by atoms with van der Waals surface area (Å²) in [5.41, 5.74) is 1.39. The summed E-state index contributed by atoms with van der Waals surface area (Å²) in [6, 6.07) is 10.5. The van der Waals surface area contributed by atoms with E-state index in [1.807, 2.05) is 6.07 Å². The Kier molecular flexibility index (Phi) is 5.53. The number of allylic oxidation sites excluding steroid dienone is 4. The molecule has 130 valence electrons. The van der Waals surface area contributed by atoms with Gasteiger partial charge in [-0.05, 0) is 43.6 Å². The summed E-state index contributed by atoms with van der Waals surface area (Å²) in [5, 5.41) is 0. The van der Waals surface area contributed by atoms with Crippen molar-refractivity contribution >= 4 is 0 Å². The average molecular weight is 330 g/mol. The van der Waals surface area contributed by atoms with Gasteiger partial charge in [-0.15, -0.1) is 0 Å². The Bertz CT molecular complexity index is 551. The molecule has 24 heavy (non-hydrogen) atoms. The van der Waals surface area contributed by atoms with Crippen LogP contribution in [0.25, 0.3) is 0 Å². The van der Waals surface area contributed by atoms with Gasteiger partial charge in [-0.2, -0.15) is 0 Å². The lowest BCUT2D eigenvalue weighted by Gasteiger charge is -2.42. The second-order valence-corrected chi connectivity index (χ2v) is 7.46. The van der Waals surface area contributed by atoms with Crippen molar-refractivity contribution in [1.29, 1.82) is 0 Å². The lowest BCUT2D eigenvalue weighted by molar-refractivity contribution is 0.0347. The van der Waals surface area contributed by atoms with Gasteiger partial charge >= 0.3 is 0 Å². The topological polar surface area (TPSA) is 0 Å². The van der Waals surface area contributed by atoms with Crippen LogP contribution in [0.3, 0.4) is 0 Å². The first kappa shape index (κ1) is 17.4. The Balaban J connectivity index is 1.73. The van der Waals surface area contributed by atoms with Crippen molar-refractivity contribution in [3.05, 3.63) is 60.2 Å². The van der Waals surface area contributed by atoms with E-state index in [0.717, 1.165) is 25.7 Å². The third-order valence-electron chi connectivity index (χ3n) is 5.98. The Hall–Kier alpha value is -1.44. The highest BCUT2D eigenvalue weighted by atomic mass is 19.3. The minimum atomic E-state index is -2.15. The highest BCUT2D eigenvalue weighted by Crippen LogP contribution is 2.48. The molecule has 1 aromatic rings. The van der Waals surface area contributed by atoms with Gasteiger partial charge in [0.25, 0.3) is 0 Å². The van der Waals surface area contributed by atoms with Crippen molar-refractivity contribution < 1.29 is 8.78 Å². The fraction of sp³-hybridized carbons (Fsp3) is 0.545. The van der Waals surface area contributed by atoms with E-state index in [9.17, 15) is 8.78 Å². The number of hydrogen-bond donors (Lipinski definition) is 0. The van der Waals surface area contributed by atoms with E-state index in [4.69, 9.17) is 0 Å². The highest BCUT2D eigenvalue weighted by Gasteiger charge is 2.39. The van der Waals surface area contributed by atoms with Crippen molar-refractivity contribution in [2.45, 2.75) is 57.8 Å². The number of alkyl halides is 2. The molecule has 0 radical (unpaired) electrons. The Labute approximate surface area is 144 Å². The smallest absolute Gasteiger partial charge is 0.210 e. The van der Waals surface area contributed by atoms with Gasteiger partial charge < -0.3 is 0 Å². The third-order valence-corrected chi connectivity index (χ3v) is 5.98. The molecule has 0 unspecified atom stereocenters. The molecular weight excluding hydrogens is 302 g/mol. The maximum Gasteiger partial charge on any atom is 0.241 e. The highest BCUT2D eigenvalue weighted by molar-refractivity contribution is 5.34. The fourth-order valence-corrected chi connectivity index (χ4v) is 4.57. The maximum absolute atomic E-state index is 12.9. The van der Waals surface area contributed by atoms with Crippen LogP contribution >= 0.6 is 0 Å². The summed E-state index contributed by atoms with van der Waals surface area (Å²) in [7, 11) is 0. The first-order valence-electron chi connectivity index (χ1n) is 9.36. The first-order valence-corrected chi connectivity index (χ1v) is 9.36. The van der Waals surface area contributed by atoms with Crippen molar-refractivity contribution in [1.82, 2.24) is 0 Å². The summed E-state index contributed by atoms with van der Waals surface area (Å²) in [6.07, 6.45) is 12.7. The van der Waals surface area contributed by atoms with Crippen LogP contribution in [0.15, 0.2) is 54.6 Å². The van der Waals surface area contributed by atoms with E-state index < -0.39 is 6.43 Å². The Morgan fingerprint density at radius 2 is 1.62 bits per heavy atom. The zero-order valence-electron chi connectivity index (χ0n) is 14.5. The van der Waals surface area contributed by atoms with Crippen LogP contribution in [-0.2, 0) is 0 Å². The summed E-state index contributed by atoms with van der Waals surface area (Å²) < 4.78 is 25.9. The molecule has 0 aromatic heterocycles. The molecule has 2 aliphatic rings. The molecule has 1 fully saturated rings. The molecular formula is C22H28F2.